The number of Topliss-reactive ketones (excluding diaryl/α,β-unsaturated/α-hetero) is 2. The van der Waals surface area contributed by atoms with Crippen LogP contribution in [-0.4, -0.2) is 87.0 Å². The van der Waals surface area contributed by atoms with Gasteiger partial charge in [0.25, 0.3) is 5.78 Å². The average Bonchev–Trinajstić information content (AvgIpc) is 2.55. The van der Waals surface area contributed by atoms with Gasteiger partial charge in [-0.1, -0.05) is 0 Å². The number of ketones is 2. The Morgan fingerprint density at radius 1 is 0.957 bits per heavy atom. The van der Waals surface area contributed by atoms with Crippen LogP contribution in [0.2, 0.25) is 0 Å². The number of ether oxygens (including phenoxy) is 3. The molecule has 5 N–H and O–H groups in total. The fourth-order valence-corrected chi connectivity index (χ4v) is 2.03. The zero-order valence-corrected chi connectivity index (χ0v) is 11.5. The number of hydrogen-bond donors (Lipinski definition) is 5. The van der Waals surface area contributed by atoms with Crippen molar-refractivity contribution in [3.8, 4) is 0 Å². The summed E-state index contributed by atoms with van der Waals surface area (Å²) < 4.78 is 14.3. The molecule has 23 heavy (non-hydrogen) atoms. The van der Waals surface area contributed by atoms with Crippen molar-refractivity contribution in [3.05, 3.63) is 11.5 Å². The summed E-state index contributed by atoms with van der Waals surface area (Å²) in [6.45, 7) is -1.70. The van der Waals surface area contributed by atoms with Gasteiger partial charge in [0.15, 0.2) is 5.76 Å². The fourth-order valence-electron chi connectivity index (χ4n) is 2.03. The summed E-state index contributed by atoms with van der Waals surface area (Å²) in [6.07, 6.45) is -8.35. The number of rotatable bonds is 4. The third-order valence-corrected chi connectivity index (χ3v) is 3.29. The van der Waals surface area contributed by atoms with Crippen molar-refractivity contribution in [1.82, 2.24) is 0 Å². The third-order valence-electron chi connectivity index (χ3n) is 3.29. The molecule has 0 bridgehead atoms. The molecule has 0 saturated carbocycles. The highest BCUT2D eigenvalue weighted by atomic mass is 16.7. The molecule has 0 spiro atoms. The van der Waals surface area contributed by atoms with Crippen molar-refractivity contribution in [2.75, 3.05) is 13.2 Å². The Labute approximate surface area is 128 Å². The Morgan fingerprint density at radius 3 is 2.17 bits per heavy atom. The molecule has 5 atom stereocenters. The molecule has 0 aromatic heterocycles. The van der Waals surface area contributed by atoms with E-state index in [-0.39, 0.29) is 0 Å². The highest BCUT2D eigenvalue weighted by Gasteiger charge is 2.47. The van der Waals surface area contributed by atoms with E-state index in [4.69, 9.17) is 19.7 Å². The second-order valence-corrected chi connectivity index (χ2v) is 4.77. The zero-order chi connectivity index (χ0) is 17.3. The van der Waals surface area contributed by atoms with Crippen molar-refractivity contribution in [3.63, 3.8) is 0 Å². The summed E-state index contributed by atoms with van der Waals surface area (Å²) in [5, 5.41) is 47.1. The molecule has 0 aromatic carbocycles. The number of hydrogen-bond acceptors (Lipinski definition) is 11. The van der Waals surface area contributed by atoms with E-state index < -0.39 is 73.0 Å². The quantitative estimate of drug-likeness (QED) is 0.248. The molecule has 2 aliphatic heterocycles. The number of cyclic esters (lactones) is 1. The summed E-state index contributed by atoms with van der Waals surface area (Å²) in [6, 6.07) is 0. The van der Waals surface area contributed by atoms with Crippen molar-refractivity contribution >= 4 is 17.5 Å². The lowest BCUT2D eigenvalue weighted by Gasteiger charge is -2.39. The minimum Gasteiger partial charge on any atom is -0.454 e. The summed E-state index contributed by atoms with van der Waals surface area (Å²) in [4.78, 5) is 34.1. The van der Waals surface area contributed by atoms with Crippen LogP contribution < -0.4 is 0 Å². The zero-order valence-electron chi connectivity index (χ0n) is 11.5. The second kappa shape index (κ2) is 6.70. The first-order valence-corrected chi connectivity index (χ1v) is 6.43. The van der Waals surface area contributed by atoms with Crippen molar-refractivity contribution in [1.29, 1.82) is 0 Å². The molecule has 0 aliphatic carbocycles. The minimum atomic E-state index is -1.85. The van der Waals surface area contributed by atoms with Gasteiger partial charge in [-0.05, 0) is 0 Å². The van der Waals surface area contributed by atoms with Crippen LogP contribution in [0, 0.1) is 0 Å². The van der Waals surface area contributed by atoms with E-state index in [9.17, 15) is 29.7 Å². The van der Waals surface area contributed by atoms with Gasteiger partial charge in [-0.3, -0.25) is 9.59 Å². The summed E-state index contributed by atoms with van der Waals surface area (Å²) in [5.74, 6) is -6.03. The van der Waals surface area contributed by atoms with Gasteiger partial charge < -0.3 is 39.7 Å². The predicted molar refractivity (Wildman–Crippen MR) is 65.1 cm³/mol. The normalized spacial score (nSPS) is 35.3. The van der Waals surface area contributed by atoms with Crippen LogP contribution in [0.4, 0.5) is 0 Å². The maximum absolute atomic E-state index is 11.7. The van der Waals surface area contributed by atoms with Gasteiger partial charge >= 0.3 is 11.8 Å². The van der Waals surface area contributed by atoms with Crippen LogP contribution in [0.3, 0.4) is 0 Å². The molecule has 11 heteroatoms. The molecular formula is C12H14O11. The van der Waals surface area contributed by atoms with Gasteiger partial charge in [-0.25, -0.2) is 4.79 Å². The Hall–Kier alpha value is -1.89. The smallest absolute Gasteiger partial charge is 0.388 e. The van der Waals surface area contributed by atoms with E-state index in [2.05, 4.69) is 4.74 Å². The van der Waals surface area contributed by atoms with Gasteiger partial charge in [0.1, 0.15) is 31.0 Å². The van der Waals surface area contributed by atoms with E-state index in [0.29, 0.717) is 0 Å². The number of carbonyl (C=O) groups is 3. The minimum absolute atomic E-state index is 0.670. The van der Waals surface area contributed by atoms with E-state index >= 15 is 0 Å². The van der Waals surface area contributed by atoms with E-state index in [0.717, 1.165) is 0 Å². The Balaban J connectivity index is 2.26. The molecule has 2 heterocycles. The Morgan fingerprint density at radius 2 is 1.61 bits per heavy atom. The van der Waals surface area contributed by atoms with Gasteiger partial charge in [0.05, 0.1) is 6.61 Å². The number of allylic oxidation sites excluding steroid dienone is 1. The van der Waals surface area contributed by atoms with Crippen molar-refractivity contribution < 1.29 is 54.1 Å². The third kappa shape index (κ3) is 3.10. The van der Waals surface area contributed by atoms with Gasteiger partial charge in [0.2, 0.25) is 12.0 Å². The molecule has 1 saturated heterocycles. The van der Waals surface area contributed by atoms with Crippen LogP contribution >= 0.6 is 0 Å². The molecular weight excluding hydrogens is 320 g/mol. The molecule has 1 fully saturated rings. The number of esters is 1. The first-order valence-electron chi connectivity index (χ1n) is 6.43. The molecule has 128 valence electrons. The summed E-state index contributed by atoms with van der Waals surface area (Å²) in [7, 11) is 0. The van der Waals surface area contributed by atoms with E-state index in [1.54, 1.807) is 0 Å². The van der Waals surface area contributed by atoms with Gasteiger partial charge in [0, 0.05) is 0 Å². The topological polar surface area (TPSA) is 180 Å². The van der Waals surface area contributed by atoms with E-state index in [1.807, 2.05) is 0 Å². The van der Waals surface area contributed by atoms with Crippen molar-refractivity contribution in [2.45, 2.75) is 30.7 Å². The second-order valence-electron chi connectivity index (χ2n) is 4.77. The molecule has 2 aliphatic rings. The lowest BCUT2D eigenvalue weighted by molar-refractivity contribution is -0.291. The van der Waals surface area contributed by atoms with Crippen molar-refractivity contribution in [2.24, 2.45) is 0 Å². The lowest BCUT2D eigenvalue weighted by Crippen LogP contribution is -2.59. The van der Waals surface area contributed by atoms with E-state index in [1.165, 1.54) is 0 Å². The fraction of sp³-hybridized carbons (Fsp3) is 0.583. The largest absolute Gasteiger partial charge is 0.454 e. The molecule has 0 amide bonds. The van der Waals surface area contributed by atoms with Crippen LogP contribution in [0.5, 0.6) is 0 Å². The number of aliphatic hydroxyl groups excluding tert-OH is 5. The highest BCUT2D eigenvalue weighted by molar-refractivity contribution is 6.66. The summed E-state index contributed by atoms with van der Waals surface area (Å²) in [5.41, 5.74) is 0. The monoisotopic (exact) mass is 334 g/mol. The molecule has 0 unspecified atom stereocenters. The maximum Gasteiger partial charge on any atom is 0.388 e. The predicted octanol–water partition coefficient (Wildman–Crippen LogP) is -4.30. The SMILES string of the molecule is O=C1OC(CO)=C(O[C@@H]2O[C@H](CO)[C@H](O)[C@H](O)[C@H]2O)C(=O)C1=O. The van der Waals surface area contributed by atoms with Crippen LogP contribution in [-0.2, 0) is 28.6 Å². The Kier molecular flexibility index (Phi) is 5.09. The molecule has 11 nitrogen and oxygen atoms in total. The number of carbonyl (C=O) groups excluding carboxylic acids is 3. The van der Waals surface area contributed by atoms with Gasteiger partial charge in [-0.2, -0.15) is 0 Å². The average molecular weight is 334 g/mol. The highest BCUT2D eigenvalue weighted by Crippen LogP contribution is 2.26. The lowest BCUT2D eigenvalue weighted by atomic mass is 9.99. The van der Waals surface area contributed by atoms with Crippen LogP contribution in [0.15, 0.2) is 11.5 Å². The van der Waals surface area contributed by atoms with Crippen LogP contribution in [0.25, 0.3) is 0 Å². The first kappa shape index (κ1) is 17.5. The van der Waals surface area contributed by atoms with Gasteiger partial charge in [-0.15, -0.1) is 0 Å². The van der Waals surface area contributed by atoms with Crippen LogP contribution in [0.1, 0.15) is 0 Å². The molecule has 0 radical (unpaired) electrons. The standard InChI is InChI=1S/C12H14O11/c13-1-3-5(15)6(16)9(19)12(22-3)23-10-4(2-14)21-11(20)8(18)7(10)17/h3,5-6,9,12-16,19H,1-2H2/t3-,5+,6+,9-,12+/m1/s1. The molecule has 2 rings (SSSR count). The summed E-state index contributed by atoms with van der Waals surface area (Å²) >= 11 is 0. The Bertz CT molecular complexity index is 551. The molecule has 0 aromatic rings. The first-order chi connectivity index (χ1) is 10.8. The number of aliphatic hydroxyl groups is 5. The maximum atomic E-state index is 11.7.